The van der Waals surface area contributed by atoms with Crippen molar-refractivity contribution in [1.29, 1.82) is 0 Å². The first-order chi connectivity index (χ1) is 9.25. The fourth-order valence-corrected chi connectivity index (χ4v) is 1.88. The van der Waals surface area contributed by atoms with E-state index in [1.807, 2.05) is 0 Å². The molecule has 7 heteroatoms. The molecule has 0 saturated carbocycles. The van der Waals surface area contributed by atoms with Gasteiger partial charge in [-0.15, -0.1) is 10.2 Å². The lowest BCUT2D eigenvalue weighted by Crippen LogP contribution is -2.37. The Kier molecular flexibility index (Phi) is 5.05. The van der Waals surface area contributed by atoms with Crippen LogP contribution in [0.3, 0.4) is 0 Å². The van der Waals surface area contributed by atoms with Crippen LogP contribution in [0.2, 0.25) is 0 Å². The van der Waals surface area contributed by atoms with Crippen molar-refractivity contribution in [3.05, 3.63) is 17.8 Å². The van der Waals surface area contributed by atoms with Crippen LogP contribution in [0, 0.1) is 0 Å². The number of morpholine rings is 1. The fourth-order valence-electron chi connectivity index (χ4n) is 1.88. The van der Waals surface area contributed by atoms with E-state index in [1.165, 1.54) is 6.07 Å². The summed E-state index contributed by atoms with van der Waals surface area (Å²) in [7, 11) is 0. The highest BCUT2D eigenvalue weighted by atomic mass is 16.5. The van der Waals surface area contributed by atoms with Gasteiger partial charge in [0, 0.05) is 19.6 Å². The second-order valence-corrected chi connectivity index (χ2v) is 4.34. The summed E-state index contributed by atoms with van der Waals surface area (Å²) in [4.78, 5) is 13.0. The number of ether oxygens (including phenoxy) is 1. The minimum Gasteiger partial charge on any atom is -0.476 e. The number of aromatic nitrogens is 2. The highest BCUT2D eigenvalue weighted by molar-refractivity contribution is 5.85. The third kappa shape index (κ3) is 4.46. The molecule has 0 bridgehead atoms. The Labute approximate surface area is 111 Å². The summed E-state index contributed by atoms with van der Waals surface area (Å²) in [5.74, 6) is -0.460. The van der Waals surface area contributed by atoms with Crippen LogP contribution < -0.4 is 5.32 Å². The maximum absolute atomic E-state index is 10.6. The standard InChI is InChI=1S/C12H18N4O3/c17-12(18)10-2-3-11(15-14-10)13-4-1-5-16-6-8-19-9-7-16/h2-3H,1,4-9H2,(H,13,15)(H,17,18). The first kappa shape index (κ1) is 13.7. The number of carboxylic acid groups (broad SMARTS) is 1. The first-order valence-corrected chi connectivity index (χ1v) is 6.37. The van der Waals surface area contributed by atoms with Gasteiger partial charge in [-0.1, -0.05) is 0 Å². The molecule has 2 N–H and O–H groups in total. The highest BCUT2D eigenvalue weighted by Gasteiger charge is 2.09. The lowest BCUT2D eigenvalue weighted by atomic mass is 10.3. The summed E-state index contributed by atoms with van der Waals surface area (Å²) in [6.45, 7) is 5.43. The summed E-state index contributed by atoms with van der Waals surface area (Å²) >= 11 is 0. The van der Waals surface area contributed by atoms with E-state index in [4.69, 9.17) is 9.84 Å². The molecule has 0 amide bonds. The molecule has 0 aliphatic carbocycles. The lowest BCUT2D eigenvalue weighted by Gasteiger charge is -2.26. The van der Waals surface area contributed by atoms with E-state index in [0.717, 1.165) is 45.8 Å². The van der Waals surface area contributed by atoms with Crippen molar-refractivity contribution < 1.29 is 14.6 Å². The Bertz CT molecular complexity index is 404. The summed E-state index contributed by atoms with van der Waals surface area (Å²) in [5.41, 5.74) is -0.0427. The number of carbonyl (C=O) groups is 1. The molecule has 1 aromatic rings. The summed E-state index contributed by atoms with van der Waals surface area (Å²) in [5, 5.41) is 19.2. The van der Waals surface area contributed by atoms with E-state index in [-0.39, 0.29) is 5.69 Å². The van der Waals surface area contributed by atoms with Crippen molar-refractivity contribution in [3.63, 3.8) is 0 Å². The second kappa shape index (κ2) is 7.01. The lowest BCUT2D eigenvalue weighted by molar-refractivity contribution is 0.0378. The van der Waals surface area contributed by atoms with Gasteiger partial charge in [0.05, 0.1) is 13.2 Å². The van der Waals surface area contributed by atoms with E-state index in [2.05, 4.69) is 20.4 Å². The van der Waals surface area contributed by atoms with Crippen molar-refractivity contribution in [2.45, 2.75) is 6.42 Å². The summed E-state index contributed by atoms with van der Waals surface area (Å²) < 4.78 is 5.28. The molecule has 1 aliphatic rings. The minimum absolute atomic E-state index is 0.0427. The Morgan fingerprint density at radius 3 is 2.79 bits per heavy atom. The van der Waals surface area contributed by atoms with Crippen molar-refractivity contribution >= 4 is 11.8 Å². The Morgan fingerprint density at radius 2 is 2.16 bits per heavy atom. The van der Waals surface area contributed by atoms with Gasteiger partial charge in [-0.2, -0.15) is 0 Å². The third-order valence-corrected chi connectivity index (χ3v) is 2.94. The van der Waals surface area contributed by atoms with E-state index >= 15 is 0 Å². The van der Waals surface area contributed by atoms with Crippen molar-refractivity contribution in [3.8, 4) is 0 Å². The van der Waals surface area contributed by atoms with Crippen molar-refractivity contribution in [2.75, 3.05) is 44.7 Å². The molecule has 1 saturated heterocycles. The fraction of sp³-hybridized carbons (Fsp3) is 0.583. The predicted octanol–water partition coefficient (Wildman–Crippen LogP) is 0.309. The molecule has 104 valence electrons. The molecule has 1 aliphatic heterocycles. The van der Waals surface area contributed by atoms with Crippen molar-refractivity contribution in [1.82, 2.24) is 15.1 Å². The van der Waals surface area contributed by atoms with Crippen molar-refractivity contribution in [2.24, 2.45) is 0 Å². The Balaban J connectivity index is 1.66. The van der Waals surface area contributed by atoms with Crippen LogP contribution in [0.4, 0.5) is 5.82 Å². The minimum atomic E-state index is -1.06. The van der Waals surface area contributed by atoms with Gasteiger partial charge in [0.15, 0.2) is 5.69 Å². The molecule has 0 atom stereocenters. The van der Waals surface area contributed by atoms with Gasteiger partial charge in [0.2, 0.25) is 0 Å². The van der Waals surface area contributed by atoms with Gasteiger partial charge in [0.25, 0.3) is 0 Å². The zero-order valence-electron chi connectivity index (χ0n) is 10.7. The maximum atomic E-state index is 10.6. The second-order valence-electron chi connectivity index (χ2n) is 4.34. The normalized spacial score (nSPS) is 16.2. The molecule has 2 heterocycles. The Hall–Kier alpha value is -1.73. The number of nitrogens with zero attached hydrogens (tertiary/aromatic N) is 3. The molecule has 1 aromatic heterocycles. The number of rotatable bonds is 6. The largest absolute Gasteiger partial charge is 0.476 e. The molecular weight excluding hydrogens is 248 g/mol. The van der Waals surface area contributed by atoms with Crippen LogP contribution in [0.25, 0.3) is 0 Å². The van der Waals surface area contributed by atoms with Crippen LogP contribution in [0.1, 0.15) is 16.9 Å². The number of aromatic carboxylic acids is 1. The van der Waals surface area contributed by atoms with Gasteiger partial charge in [-0.05, 0) is 25.1 Å². The molecule has 1 fully saturated rings. The summed E-state index contributed by atoms with van der Waals surface area (Å²) in [6, 6.07) is 3.07. The molecular formula is C12H18N4O3. The van der Waals surface area contributed by atoms with Gasteiger partial charge in [-0.3, -0.25) is 4.90 Å². The van der Waals surface area contributed by atoms with Gasteiger partial charge >= 0.3 is 5.97 Å². The molecule has 0 spiro atoms. The molecule has 0 aromatic carbocycles. The zero-order valence-corrected chi connectivity index (χ0v) is 10.7. The monoisotopic (exact) mass is 266 g/mol. The maximum Gasteiger partial charge on any atom is 0.356 e. The van der Waals surface area contributed by atoms with Crippen LogP contribution >= 0.6 is 0 Å². The summed E-state index contributed by atoms with van der Waals surface area (Å²) in [6.07, 6.45) is 1.00. The molecule has 7 nitrogen and oxygen atoms in total. The van der Waals surface area contributed by atoms with E-state index in [0.29, 0.717) is 5.82 Å². The molecule has 0 radical (unpaired) electrons. The first-order valence-electron chi connectivity index (χ1n) is 6.37. The average molecular weight is 266 g/mol. The van der Waals surface area contributed by atoms with Crippen LogP contribution in [0.15, 0.2) is 12.1 Å². The van der Waals surface area contributed by atoms with Gasteiger partial charge in [-0.25, -0.2) is 4.79 Å². The van der Waals surface area contributed by atoms with E-state index in [1.54, 1.807) is 6.07 Å². The number of carboxylic acids is 1. The zero-order chi connectivity index (χ0) is 13.5. The number of hydrogen-bond acceptors (Lipinski definition) is 6. The molecule has 0 unspecified atom stereocenters. The van der Waals surface area contributed by atoms with Crippen LogP contribution in [0.5, 0.6) is 0 Å². The molecule has 19 heavy (non-hydrogen) atoms. The smallest absolute Gasteiger partial charge is 0.356 e. The average Bonchev–Trinajstić information content (AvgIpc) is 2.45. The van der Waals surface area contributed by atoms with E-state index < -0.39 is 5.97 Å². The number of nitrogens with one attached hydrogen (secondary N) is 1. The Morgan fingerprint density at radius 1 is 1.37 bits per heavy atom. The highest BCUT2D eigenvalue weighted by Crippen LogP contribution is 2.03. The SMILES string of the molecule is O=C(O)c1ccc(NCCCN2CCOCC2)nn1. The van der Waals surface area contributed by atoms with Gasteiger partial charge in [0.1, 0.15) is 5.82 Å². The quantitative estimate of drug-likeness (QED) is 0.716. The topological polar surface area (TPSA) is 87.6 Å². The number of hydrogen-bond donors (Lipinski definition) is 2. The number of anilines is 1. The van der Waals surface area contributed by atoms with Gasteiger partial charge < -0.3 is 15.2 Å². The van der Waals surface area contributed by atoms with Crippen LogP contribution in [-0.4, -0.2) is 65.6 Å². The van der Waals surface area contributed by atoms with E-state index in [9.17, 15) is 4.79 Å². The third-order valence-electron chi connectivity index (χ3n) is 2.94. The predicted molar refractivity (Wildman–Crippen MR) is 69.4 cm³/mol. The molecule has 2 rings (SSSR count). The van der Waals surface area contributed by atoms with Crippen LogP contribution in [-0.2, 0) is 4.74 Å².